The Bertz CT molecular complexity index is 2020. The summed E-state index contributed by atoms with van der Waals surface area (Å²) in [4.78, 5) is 18.8. The Kier molecular flexibility index (Phi) is 6.81. The lowest BCUT2D eigenvalue weighted by atomic mass is 10.0. The predicted octanol–water partition coefficient (Wildman–Crippen LogP) is 4.26. The highest BCUT2D eigenvalue weighted by Crippen LogP contribution is 2.35. The van der Waals surface area contributed by atoms with Crippen LogP contribution in [-0.2, 0) is 23.0 Å². The zero-order valence-electron chi connectivity index (χ0n) is 22.4. The number of pyridine rings is 3. The van der Waals surface area contributed by atoms with Crippen molar-refractivity contribution in [2.75, 3.05) is 19.8 Å². The van der Waals surface area contributed by atoms with Gasteiger partial charge in [0.25, 0.3) is 0 Å². The SMILES string of the molecule is CN(C)Cc1cncc(-c2cnc3[nH]nc(-c4cc5c(-c6cc(F)cc(CCS(N)(=O)=O)c6)cncc5[nH]4)c3c2)c1. The normalized spacial score (nSPS) is 12.1. The number of sulfonamides is 1. The number of fused-ring (bicyclic) bond motifs is 2. The van der Waals surface area contributed by atoms with Crippen molar-refractivity contribution in [1.82, 2.24) is 35.0 Å². The van der Waals surface area contributed by atoms with Gasteiger partial charge in [0.2, 0.25) is 10.0 Å². The number of aromatic nitrogens is 6. The van der Waals surface area contributed by atoms with Crippen LogP contribution >= 0.6 is 0 Å². The second-order valence-corrected chi connectivity index (χ2v) is 12.0. The number of aryl methyl sites for hydroxylation is 1. The maximum Gasteiger partial charge on any atom is 0.209 e. The molecule has 5 heterocycles. The summed E-state index contributed by atoms with van der Waals surface area (Å²) in [7, 11) is 0.354. The van der Waals surface area contributed by atoms with Crippen LogP contribution in [0, 0.1) is 5.82 Å². The number of benzene rings is 1. The molecule has 6 rings (SSSR count). The van der Waals surface area contributed by atoms with Crippen molar-refractivity contribution in [3.8, 4) is 33.6 Å². The molecule has 0 amide bonds. The Hall–Kier alpha value is -4.52. The summed E-state index contributed by atoms with van der Waals surface area (Å²) in [5.41, 5.74) is 7.59. The van der Waals surface area contributed by atoms with E-state index in [0.29, 0.717) is 28.0 Å². The average Bonchev–Trinajstić information content (AvgIpc) is 3.54. The average molecular weight is 571 g/mol. The highest BCUT2D eigenvalue weighted by Gasteiger charge is 2.16. The van der Waals surface area contributed by atoms with Crippen molar-refractivity contribution in [2.24, 2.45) is 5.14 Å². The van der Waals surface area contributed by atoms with Crippen LogP contribution < -0.4 is 5.14 Å². The molecule has 0 saturated carbocycles. The Balaban J connectivity index is 1.40. The summed E-state index contributed by atoms with van der Waals surface area (Å²) in [6.07, 6.45) is 8.94. The van der Waals surface area contributed by atoms with Crippen LogP contribution in [0.4, 0.5) is 4.39 Å². The zero-order chi connectivity index (χ0) is 28.7. The third-order valence-electron chi connectivity index (χ3n) is 6.79. The van der Waals surface area contributed by atoms with Crippen molar-refractivity contribution in [1.29, 1.82) is 0 Å². The van der Waals surface area contributed by atoms with E-state index >= 15 is 0 Å². The third kappa shape index (κ3) is 5.71. The molecule has 0 aliphatic carbocycles. The lowest BCUT2D eigenvalue weighted by Crippen LogP contribution is -2.18. The minimum atomic E-state index is -3.68. The van der Waals surface area contributed by atoms with E-state index in [1.54, 1.807) is 24.7 Å². The molecule has 0 atom stereocenters. The molecule has 208 valence electrons. The molecular formula is C29H27FN8O2S. The molecule has 0 radical (unpaired) electrons. The molecule has 5 aromatic heterocycles. The van der Waals surface area contributed by atoms with Gasteiger partial charge < -0.3 is 9.88 Å². The number of nitrogens with zero attached hydrogens (tertiary/aromatic N) is 5. The fourth-order valence-corrected chi connectivity index (χ4v) is 5.50. The van der Waals surface area contributed by atoms with Crippen LogP contribution in [-0.4, -0.2) is 63.3 Å². The summed E-state index contributed by atoms with van der Waals surface area (Å²) in [6.45, 7) is 0.776. The van der Waals surface area contributed by atoms with Gasteiger partial charge >= 0.3 is 0 Å². The van der Waals surface area contributed by atoms with Crippen LogP contribution in [0.15, 0.2) is 67.4 Å². The highest BCUT2D eigenvalue weighted by molar-refractivity contribution is 7.89. The van der Waals surface area contributed by atoms with Gasteiger partial charge in [-0.15, -0.1) is 0 Å². The van der Waals surface area contributed by atoms with E-state index in [1.165, 1.54) is 12.1 Å². The summed E-state index contributed by atoms with van der Waals surface area (Å²) >= 11 is 0. The first kappa shape index (κ1) is 26.7. The number of hydrogen-bond donors (Lipinski definition) is 3. The molecular weight excluding hydrogens is 543 g/mol. The molecule has 0 unspecified atom stereocenters. The fraction of sp³-hybridized carbons (Fsp3) is 0.172. The molecule has 0 aliphatic heterocycles. The second-order valence-electron chi connectivity index (χ2n) is 10.3. The molecule has 0 fully saturated rings. The molecule has 0 aliphatic rings. The fourth-order valence-electron chi connectivity index (χ4n) is 4.98. The number of hydrogen-bond acceptors (Lipinski definition) is 7. The van der Waals surface area contributed by atoms with Gasteiger partial charge in [0.1, 0.15) is 11.5 Å². The molecule has 4 N–H and O–H groups in total. The van der Waals surface area contributed by atoms with Gasteiger partial charge in [-0.1, -0.05) is 6.07 Å². The van der Waals surface area contributed by atoms with Crippen molar-refractivity contribution in [3.63, 3.8) is 0 Å². The van der Waals surface area contributed by atoms with Crippen molar-refractivity contribution in [3.05, 3.63) is 84.3 Å². The number of halogens is 1. The topological polar surface area (TPSA) is 147 Å². The Morgan fingerprint density at radius 1 is 0.878 bits per heavy atom. The summed E-state index contributed by atoms with van der Waals surface area (Å²) < 4.78 is 37.4. The number of nitrogens with one attached hydrogen (secondary N) is 2. The van der Waals surface area contributed by atoms with E-state index in [0.717, 1.165) is 45.2 Å². The van der Waals surface area contributed by atoms with Gasteiger partial charge in [-0.3, -0.25) is 15.1 Å². The molecule has 1 aromatic carbocycles. The van der Waals surface area contributed by atoms with Crippen LogP contribution in [0.3, 0.4) is 0 Å². The van der Waals surface area contributed by atoms with E-state index in [9.17, 15) is 12.8 Å². The molecule has 0 saturated heterocycles. The summed E-state index contributed by atoms with van der Waals surface area (Å²) in [5.74, 6) is -0.744. The molecule has 0 bridgehead atoms. The van der Waals surface area contributed by atoms with Gasteiger partial charge in [-0.25, -0.2) is 22.9 Å². The standard InChI is InChI=1S/C29H27FN8O2S/c1-38(2)16-18-6-20(12-32-11-18)21-9-24-28(36-37-29(24)34-13-21)26-10-23-25(14-33-15-27(23)35-26)19-5-17(7-22(30)8-19)3-4-41(31,39)40/h5-15,35H,3-4,16H2,1-2H3,(H2,31,39,40)(H,34,36,37). The molecule has 6 aromatic rings. The van der Waals surface area contributed by atoms with E-state index in [2.05, 4.69) is 41.1 Å². The van der Waals surface area contributed by atoms with Crippen molar-refractivity contribution in [2.45, 2.75) is 13.0 Å². The largest absolute Gasteiger partial charge is 0.352 e. The number of primary sulfonamides is 1. The van der Waals surface area contributed by atoms with Gasteiger partial charge in [0, 0.05) is 58.8 Å². The first-order valence-electron chi connectivity index (χ1n) is 12.8. The van der Waals surface area contributed by atoms with E-state index in [1.807, 2.05) is 38.6 Å². The Morgan fingerprint density at radius 2 is 1.66 bits per heavy atom. The predicted molar refractivity (Wildman–Crippen MR) is 157 cm³/mol. The number of aromatic amines is 2. The highest BCUT2D eigenvalue weighted by atomic mass is 32.2. The van der Waals surface area contributed by atoms with Crippen LogP contribution in [0.1, 0.15) is 11.1 Å². The first-order valence-corrected chi connectivity index (χ1v) is 14.5. The lowest BCUT2D eigenvalue weighted by Gasteiger charge is -2.10. The smallest absolute Gasteiger partial charge is 0.209 e. The second kappa shape index (κ2) is 10.5. The van der Waals surface area contributed by atoms with Crippen LogP contribution in [0.25, 0.3) is 55.6 Å². The minimum Gasteiger partial charge on any atom is -0.352 e. The summed E-state index contributed by atoms with van der Waals surface area (Å²) in [6, 6.07) is 10.6. The van der Waals surface area contributed by atoms with E-state index in [-0.39, 0.29) is 12.2 Å². The third-order valence-corrected chi connectivity index (χ3v) is 7.56. The Morgan fingerprint density at radius 3 is 2.46 bits per heavy atom. The number of H-pyrrole nitrogens is 2. The van der Waals surface area contributed by atoms with E-state index in [4.69, 9.17) is 5.14 Å². The monoisotopic (exact) mass is 570 g/mol. The number of rotatable bonds is 8. The molecule has 12 heteroatoms. The van der Waals surface area contributed by atoms with E-state index < -0.39 is 15.8 Å². The Labute approximate surface area is 235 Å². The lowest BCUT2D eigenvalue weighted by molar-refractivity contribution is 0.402. The molecule has 10 nitrogen and oxygen atoms in total. The van der Waals surface area contributed by atoms with Crippen molar-refractivity contribution < 1.29 is 12.8 Å². The summed E-state index contributed by atoms with van der Waals surface area (Å²) in [5, 5.41) is 14.3. The van der Waals surface area contributed by atoms with Crippen LogP contribution in [0.2, 0.25) is 0 Å². The minimum absolute atomic E-state index is 0.105. The first-order chi connectivity index (χ1) is 19.6. The molecule has 0 spiro atoms. The van der Waals surface area contributed by atoms with Crippen molar-refractivity contribution >= 4 is 32.0 Å². The maximum absolute atomic E-state index is 14.6. The number of nitrogens with two attached hydrogens (primary N) is 1. The quantitative estimate of drug-likeness (QED) is 0.248. The van der Waals surface area contributed by atoms with Gasteiger partial charge in [-0.05, 0) is 67.5 Å². The van der Waals surface area contributed by atoms with Crippen LogP contribution in [0.5, 0.6) is 0 Å². The van der Waals surface area contributed by atoms with Gasteiger partial charge in [-0.2, -0.15) is 5.10 Å². The maximum atomic E-state index is 14.6. The zero-order valence-corrected chi connectivity index (χ0v) is 23.2. The molecule has 41 heavy (non-hydrogen) atoms. The van der Waals surface area contributed by atoms with Gasteiger partial charge in [0.15, 0.2) is 5.65 Å². The van der Waals surface area contributed by atoms with Gasteiger partial charge in [0.05, 0.1) is 23.2 Å².